The lowest BCUT2D eigenvalue weighted by Gasteiger charge is -2.10. The van der Waals surface area contributed by atoms with Gasteiger partial charge in [-0.3, -0.25) is 9.52 Å². The maximum Gasteiger partial charge on any atom is 0.261 e. The maximum atomic E-state index is 12.5. The van der Waals surface area contributed by atoms with Gasteiger partial charge in [0, 0.05) is 0 Å². The number of fused-ring (bicyclic) bond motifs is 1. The van der Waals surface area contributed by atoms with E-state index >= 15 is 0 Å². The van der Waals surface area contributed by atoms with Crippen LogP contribution in [-0.4, -0.2) is 18.4 Å². The second kappa shape index (κ2) is 5.68. The molecular weight excluding hydrogens is 338 g/mol. The molecule has 2 aromatic carbocycles. The van der Waals surface area contributed by atoms with Crippen molar-refractivity contribution in [1.82, 2.24) is 9.97 Å². The highest BCUT2D eigenvalue weighted by Crippen LogP contribution is 2.26. The van der Waals surface area contributed by atoms with Gasteiger partial charge in [0.2, 0.25) is 0 Å². The fraction of sp³-hybridized carbons (Fsp3) is 0.0667. The summed E-state index contributed by atoms with van der Waals surface area (Å²) in [5.41, 5.74) is 1.17. The van der Waals surface area contributed by atoms with Gasteiger partial charge in [0.05, 0.1) is 32.8 Å². The Kier molecular flexibility index (Phi) is 3.83. The lowest BCUT2D eigenvalue weighted by molar-refractivity contribution is 0.601. The minimum atomic E-state index is -3.88. The summed E-state index contributed by atoms with van der Waals surface area (Å²) in [6, 6.07) is 9.19. The molecule has 0 bridgehead atoms. The van der Waals surface area contributed by atoms with E-state index in [1.54, 1.807) is 18.2 Å². The predicted molar refractivity (Wildman–Crippen MR) is 89.4 cm³/mol. The van der Waals surface area contributed by atoms with E-state index in [2.05, 4.69) is 14.7 Å². The summed E-state index contributed by atoms with van der Waals surface area (Å²) in [5.74, 6) is 0. The fourth-order valence-corrected chi connectivity index (χ4v) is 3.45. The molecule has 0 atom stereocenters. The molecule has 1 heterocycles. The molecule has 0 saturated carbocycles. The van der Waals surface area contributed by atoms with Gasteiger partial charge in [0.1, 0.15) is 0 Å². The SMILES string of the molecule is Cc1ccc(Cl)c(NS(=O)(=O)c2ccc3nc[nH]c(=O)c3c2)c1. The number of sulfonamides is 1. The van der Waals surface area contributed by atoms with Crippen LogP contribution in [0, 0.1) is 6.92 Å². The van der Waals surface area contributed by atoms with Crippen molar-refractivity contribution >= 4 is 38.2 Å². The van der Waals surface area contributed by atoms with Gasteiger partial charge in [-0.2, -0.15) is 0 Å². The number of aryl methyl sites for hydroxylation is 1. The minimum Gasteiger partial charge on any atom is -0.313 e. The van der Waals surface area contributed by atoms with Crippen molar-refractivity contribution in [3.8, 4) is 0 Å². The Hall–Kier alpha value is -2.38. The monoisotopic (exact) mass is 349 g/mol. The summed E-state index contributed by atoms with van der Waals surface area (Å²) in [6.07, 6.45) is 1.27. The number of aromatic nitrogens is 2. The van der Waals surface area contributed by atoms with Crippen molar-refractivity contribution in [1.29, 1.82) is 0 Å². The van der Waals surface area contributed by atoms with Crippen LogP contribution in [0.15, 0.2) is 52.4 Å². The van der Waals surface area contributed by atoms with Gasteiger partial charge in [-0.05, 0) is 42.8 Å². The molecule has 0 amide bonds. The zero-order valence-corrected chi connectivity index (χ0v) is 13.6. The van der Waals surface area contributed by atoms with Crippen LogP contribution in [0.3, 0.4) is 0 Å². The summed E-state index contributed by atoms with van der Waals surface area (Å²) < 4.78 is 27.5. The number of H-pyrrole nitrogens is 1. The lowest BCUT2D eigenvalue weighted by Crippen LogP contribution is -2.14. The molecule has 0 spiro atoms. The molecule has 0 aliphatic heterocycles. The molecule has 8 heteroatoms. The molecule has 0 aliphatic carbocycles. The van der Waals surface area contributed by atoms with Crippen molar-refractivity contribution in [2.24, 2.45) is 0 Å². The van der Waals surface area contributed by atoms with Gasteiger partial charge in [0.15, 0.2) is 0 Å². The van der Waals surface area contributed by atoms with E-state index in [4.69, 9.17) is 11.6 Å². The maximum absolute atomic E-state index is 12.5. The highest BCUT2D eigenvalue weighted by molar-refractivity contribution is 7.92. The van der Waals surface area contributed by atoms with Crippen LogP contribution in [-0.2, 0) is 10.0 Å². The van der Waals surface area contributed by atoms with E-state index < -0.39 is 15.6 Å². The number of nitrogens with zero attached hydrogens (tertiary/aromatic N) is 1. The number of benzene rings is 2. The molecule has 2 N–H and O–H groups in total. The second-order valence-electron chi connectivity index (χ2n) is 5.00. The van der Waals surface area contributed by atoms with Crippen molar-refractivity contribution in [3.05, 3.63) is 63.7 Å². The van der Waals surface area contributed by atoms with Crippen LogP contribution in [0.5, 0.6) is 0 Å². The third-order valence-corrected chi connectivity index (χ3v) is 4.98. The summed E-state index contributed by atoms with van der Waals surface area (Å²) in [5, 5.41) is 0.491. The van der Waals surface area contributed by atoms with Crippen LogP contribution < -0.4 is 10.3 Å². The number of rotatable bonds is 3. The third kappa shape index (κ3) is 3.06. The first kappa shape index (κ1) is 15.5. The number of hydrogen-bond donors (Lipinski definition) is 2. The van der Waals surface area contributed by atoms with Gasteiger partial charge < -0.3 is 4.98 Å². The van der Waals surface area contributed by atoms with E-state index in [0.29, 0.717) is 10.5 Å². The third-order valence-electron chi connectivity index (χ3n) is 3.29. The molecule has 3 rings (SSSR count). The lowest BCUT2D eigenvalue weighted by atomic mass is 10.2. The van der Waals surface area contributed by atoms with Crippen molar-refractivity contribution < 1.29 is 8.42 Å². The first-order chi connectivity index (χ1) is 10.9. The van der Waals surface area contributed by atoms with Gasteiger partial charge in [-0.1, -0.05) is 17.7 Å². The first-order valence-electron chi connectivity index (χ1n) is 6.63. The number of anilines is 1. The van der Waals surface area contributed by atoms with Gasteiger partial charge in [-0.15, -0.1) is 0 Å². The van der Waals surface area contributed by atoms with Crippen molar-refractivity contribution in [2.45, 2.75) is 11.8 Å². The minimum absolute atomic E-state index is 0.0407. The van der Waals surface area contributed by atoms with E-state index in [-0.39, 0.29) is 16.0 Å². The molecule has 1 aromatic heterocycles. The first-order valence-corrected chi connectivity index (χ1v) is 8.49. The van der Waals surface area contributed by atoms with Gasteiger partial charge in [-0.25, -0.2) is 13.4 Å². The quantitative estimate of drug-likeness (QED) is 0.760. The molecule has 0 unspecified atom stereocenters. The normalized spacial score (nSPS) is 11.6. The average Bonchev–Trinajstić information content (AvgIpc) is 2.51. The molecular formula is C15H12ClN3O3S. The fourth-order valence-electron chi connectivity index (χ4n) is 2.14. The second-order valence-corrected chi connectivity index (χ2v) is 7.09. The van der Waals surface area contributed by atoms with Crippen LogP contribution in [0.4, 0.5) is 5.69 Å². The zero-order valence-electron chi connectivity index (χ0n) is 12.0. The number of aromatic amines is 1. The summed E-state index contributed by atoms with van der Waals surface area (Å²) in [6.45, 7) is 1.83. The molecule has 6 nitrogen and oxygen atoms in total. The average molecular weight is 350 g/mol. The Balaban J connectivity index is 2.08. The Morgan fingerprint density at radius 2 is 1.96 bits per heavy atom. The van der Waals surface area contributed by atoms with Crippen LogP contribution in [0.25, 0.3) is 10.9 Å². The number of halogens is 1. The molecule has 0 saturated heterocycles. The predicted octanol–water partition coefficient (Wildman–Crippen LogP) is 2.69. The molecule has 23 heavy (non-hydrogen) atoms. The Labute approximate surface area is 137 Å². The standard InChI is InChI=1S/C15H12ClN3O3S/c1-9-2-4-12(16)14(6-9)19-23(21,22)10-3-5-13-11(7-10)15(20)18-8-17-13/h2-8,19H,1H3,(H,17,18,20). The Morgan fingerprint density at radius 1 is 1.17 bits per heavy atom. The molecule has 118 valence electrons. The topological polar surface area (TPSA) is 91.9 Å². The van der Waals surface area contributed by atoms with Crippen LogP contribution >= 0.6 is 11.6 Å². The molecule has 3 aromatic rings. The Bertz CT molecular complexity index is 1060. The van der Waals surface area contributed by atoms with Gasteiger partial charge >= 0.3 is 0 Å². The number of nitrogens with one attached hydrogen (secondary N) is 2. The molecule has 0 fully saturated rings. The summed E-state index contributed by atoms with van der Waals surface area (Å²) in [4.78, 5) is 18.1. The summed E-state index contributed by atoms with van der Waals surface area (Å²) in [7, 11) is -3.88. The van der Waals surface area contributed by atoms with E-state index in [0.717, 1.165) is 5.56 Å². The smallest absolute Gasteiger partial charge is 0.261 e. The van der Waals surface area contributed by atoms with E-state index in [1.807, 2.05) is 6.92 Å². The highest BCUT2D eigenvalue weighted by Gasteiger charge is 2.17. The highest BCUT2D eigenvalue weighted by atomic mass is 35.5. The number of hydrogen-bond acceptors (Lipinski definition) is 4. The largest absolute Gasteiger partial charge is 0.313 e. The van der Waals surface area contributed by atoms with E-state index in [1.165, 1.54) is 24.5 Å². The zero-order chi connectivity index (χ0) is 16.6. The summed E-state index contributed by atoms with van der Waals surface area (Å²) >= 11 is 6.02. The Morgan fingerprint density at radius 3 is 2.74 bits per heavy atom. The van der Waals surface area contributed by atoms with Crippen LogP contribution in [0.2, 0.25) is 5.02 Å². The van der Waals surface area contributed by atoms with Crippen LogP contribution in [0.1, 0.15) is 5.56 Å². The van der Waals surface area contributed by atoms with Gasteiger partial charge in [0.25, 0.3) is 15.6 Å². The molecule has 0 radical (unpaired) electrons. The molecule has 0 aliphatic rings. The van der Waals surface area contributed by atoms with E-state index in [9.17, 15) is 13.2 Å². The van der Waals surface area contributed by atoms with Crippen molar-refractivity contribution in [2.75, 3.05) is 4.72 Å². The van der Waals surface area contributed by atoms with Crippen molar-refractivity contribution in [3.63, 3.8) is 0 Å².